The van der Waals surface area contributed by atoms with Gasteiger partial charge in [0.25, 0.3) is 5.91 Å². The lowest BCUT2D eigenvalue weighted by Gasteiger charge is -2.28. The Hall–Kier alpha value is -2.77. The number of piperidine rings is 1. The van der Waals surface area contributed by atoms with Gasteiger partial charge in [0.2, 0.25) is 0 Å². The second-order valence-electron chi connectivity index (χ2n) is 6.24. The zero-order valence-corrected chi connectivity index (χ0v) is 14.8. The van der Waals surface area contributed by atoms with E-state index in [1.165, 1.54) is 31.5 Å². The quantitative estimate of drug-likeness (QED) is 0.770. The number of amides is 1. The zero-order valence-electron chi connectivity index (χ0n) is 14.8. The van der Waals surface area contributed by atoms with Crippen molar-refractivity contribution in [2.45, 2.75) is 26.2 Å². The van der Waals surface area contributed by atoms with Crippen molar-refractivity contribution in [3.63, 3.8) is 0 Å². The number of carbonyl (C=O) groups is 1. The summed E-state index contributed by atoms with van der Waals surface area (Å²) in [5.41, 5.74) is -0.00901. The summed E-state index contributed by atoms with van der Waals surface area (Å²) >= 11 is 0. The van der Waals surface area contributed by atoms with E-state index < -0.39 is 11.7 Å². The number of hydrogen-bond acceptors (Lipinski definition) is 6. The van der Waals surface area contributed by atoms with Crippen LogP contribution in [0.3, 0.4) is 0 Å². The predicted molar refractivity (Wildman–Crippen MR) is 97.9 cm³/mol. The summed E-state index contributed by atoms with van der Waals surface area (Å²) in [5.74, 6) is 1.28. The van der Waals surface area contributed by atoms with Gasteiger partial charge in [-0.15, -0.1) is 0 Å². The highest BCUT2D eigenvalue weighted by molar-refractivity contribution is 5.94. The van der Waals surface area contributed by atoms with Crippen LogP contribution in [0.25, 0.3) is 0 Å². The van der Waals surface area contributed by atoms with Crippen LogP contribution in [-0.2, 0) is 0 Å². The average Bonchev–Trinajstić information content (AvgIpc) is 2.66. The molecule has 0 aliphatic carbocycles. The molecule has 0 aromatic carbocycles. The molecule has 0 saturated carbocycles. The molecule has 26 heavy (non-hydrogen) atoms. The molecule has 8 heteroatoms. The Balaban J connectivity index is 1.52. The Morgan fingerprint density at radius 3 is 2.81 bits per heavy atom. The number of nitrogens with zero attached hydrogens (tertiary/aromatic N) is 4. The molecule has 1 aliphatic rings. The van der Waals surface area contributed by atoms with E-state index in [0.717, 1.165) is 30.9 Å². The van der Waals surface area contributed by atoms with Crippen molar-refractivity contribution in [1.29, 1.82) is 0 Å². The number of aromatic nitrogens is 3. The van der Waals surface area contributed by atoms with Gasteiger partial charge in [-0.05, 0) is 32.3 Å². The molecule has 7 nitrogen and oxygen atoms in total. The maximum Gasteiger partial charge on any atom is 0.254 e. The van der Waals surface area contributed by atoms with E-state index in [4.69, 9.17) is 0 Å². The van der Waals surface area contributed by atoms with E-state index in [-0.39, 0.29) is 5.56 Å². The molecule has 3 rings (SSSR count). The van der Waals surface area contributed by atoms with Crippen LogP contribution in [-0.4, -0.2) is 47.0 Å². The number of rotatable bonds is 6. The molecule has 0 bridgehead atoms. The van der Waals surface area contributed by atoms with Crippen LogP contribution in [0.4, 0.5) is 16.0 Å². The van der Waals surface area contributed by atoms with Crippen molar-refractivity contribution in [3.05, 3.63) is 41.7 Å². The van der Waals surface area contributed by atoms with E-state index in [0.29, 0.717) is 18.9 Å². The summed E-state index contributed by atoms with van der Waals surface area (Å²) in [7, 11) is 0. The smallest absolute Gasteiger partial charge is 0.254 e. The van der Waals surface area contributed by atoms with Gasteiger partial charge in [-0.25, -0.2) is 14.4 Å². The number of anilines is 2. The molecule has 2 N–H and O–H groups in total. The number of pyridine rings is 1. The molecule has 0 spiro atoms. The van der Waals surface area contributed by atoms with Gasteiger partial charge in [0.15, 0.2) is 5.82 Å². The molecule has 1 amide bonds. The molecular formula is C18H23FN6O. The fourth-order valence-electron chi connectivity index (χ4n) is 2.95. The van der Waals surface area contributed by atoms with Crippen LogP contribution in [0.5, 0.6) is 0 Å². The Kier molecular flexibility index (Phi) is 5.93. The van der Waals surface area contributed by atoms with Gasteiger partial charge < -0.3 is 15.5 Å². The lowest BCUT2D eigenvalue weighted by molar-refractivity contribution is 0.0951. The fraction of sp³-hybridized carbons (Fsp3) is 0.444. The second-order valence-corrected chi connectivity index (χ2v) is 6.24. The number of hydrogen-bond donors (Lipinski definition) is 2. The third-order valence-corrected chi connectivity index (χ3v) is 4.24. The molecule has 0 unspecified atom stereocenters. The molecule has 1 saturated heterocycles. The fourth-order valence-corrected chi connectivity index (χ4v) is 2.95. The Bertz CT molecular complexity index is 763. The number of halogens is 1. The van der Waals surface area contributed by atoms with Crippen LogP contribution in [0, 0.1) is 12.7 Å². The maximum atomic E-state index is 13.5. The summed E-state index contributed by atoms with van der Waals surface area (Å²) in [5, 5.41) is 5.87. The van der Waals surface area contributed by atoms with Crippen molar-refractivity contribution in [1.82, 2.24) is 20.3 Å². The summed E-state index contributed by atoms with van der Waals surface area (Å²) in [6, 6.07) is 3.29. The molecule has 3 heterocycles. The maximum absolute atomic E-state index is 13.5. The highest BCUT2D eigenvalue weighted by Gasteiger charge is 2.14. The highest BCUT2D eigenvalue weighted by atomic mass is 19.1. The van der Waals surface area contributed by atoms with Gasteiger partial charge >= 0.3 is 0 Å². The SMILES string of the molecule is Cc1nc(NCCNC(=O)c2ccncc2F)cc(N2CCCCC2)n1. The standard InChI is InChI=1S/C18H23FN6O/c1-13-23-16(11-17(24-13)25-9-3-2-4-10-25)21-7-8-22-18(26)14-5-6-20-12-15(14)19/h5-6,11-12H,2-4,7-10H2,1H3,(H,22,26)(H,21,23,24). The Labute approximate surface area is 152 Å². The minimum absolute atomic E-state index is 0.00901. The largest absolute Gasteiger partial charge is 0.368 e. The molecule has 0 radical (unpaired) electrons. The van der Waals surface area contributed by atoms with Crippen molar-refractivity contribution in [2.75, 3.05) is 36.4 Å². The van der Waals surface area contributed by atoms with Crippen molar-refractivity contribution >= 4 is 17.5 Å². The third-order valence-electron chi connectivity index (χ3n) is 4.24. The van der Waals surface area contributed by atoms with Crippen LogP contribution in [0.15, 0.2) is 24.5 Å². The van der Waals surface area contributed by atoms with Gasteiger partial charge in [0, 0.05) is 38.4 Å². The van der Waals surface area contributed by atoms with Gasteiger partial charge in [0.1, 0.15) is 17.5 Å². The Morgan fingerprint density at radius 1 is 1.23 bits per heavy atom. The molecule has 0 atom stereocenters. The monoisotopic (exact) mass is 358 g/mol. The first-order valence-electron chi connectivity index (χ1n) is 8.86. The topological polar surface area (TPSA) is 83.0 Å². The first-order valence-corrected chi connectivity index (χ1v) is 8.86. The average molecular weight is 358 g/mol. The van der Waals surface area contributed by atoms with Crippen LogP contribution in [0.2, 0.25) is 0 Å². The molecule has 1 fully saturated rings. The molecule has 138 valence electrons. The number of aryl methyl sites for hydroxylation is 1. The van der Waals surface area contributed by atoms with Crippen LogP contribution >= 0.6 is 0 Å². The van der Waals surface area contributed by atoms with E-state index in [9.17, 15) is 9.18 Å². The minimum atomic E-state index is -0.629. The predicted octanol–water partition coefficient (Wildman–Crippen LogP) is 2.15. The van der Waals surface area contributed by atoms with E-state index in [1.807, 2.05) is 13.0 Å². The highest BCUT2D eigenvalue weighted by Crippen LogP contribution is 2.20. The Morgan fingerprint density at radius 2 is 2.04 bits per heavy atom. The minimum Gasteiger partial charge on any atom is -0.368 e. The molecule has 2 aromatic heterocycles. The van der Waals surface area contributed by atoms with E-state index >= 15 is 0 Å². The number of carbonyl (C=O) groups excluding carboxylic acids is 1. The molecule has 1 aliphatic heterocycles. The third kappa shape index (κ3) is 4.65. The lowest BCUT2D eigenvalue weighted by atomic mass is 10.1. The van der Waals surface area contributed by atoms with Gasteiger partial charge in [-0.1, -0.05) is 0 Å². The summed E-state index contributed by atoms with van der Waals surface area (Å²) < 4.78 is 13.5. The second kappa shape index (κ2) is 8.55. The van der Waals surface area contributed by atoms with E-state index in [1.54, 1.807) is 0 Å². The van der Waals surface area contributed by atoms with Crippen molar-refractivity contribution < 1.29 is 9.18 Å². The van der Waals surface area contributed by atoms with Crippen LogP contribution in [0.1, 0.15) is 35.4 Å². The van der Waals surface area contributed by atoms with Gasteiger partial charge in [-0.3, -0.25) is 9.78 Å². The first-order chi connectivity index (χ1) is 12.6. The van der Waals surface area contributed by atoms with Crippen LogP contribution < -0.4 is 15.5 Å². The first kappa shape index (κ1) is 18.0. The summed E-state index contributed by atoms with van der Waals surface area (Å²) in [4.78, 5) is 26.8. The molecule has 2 aromatic rings. The van der Waals surface area contributed by atoms with Crippen molar-refractivity contribution in [3.8, 4) is 0 Å². The van der Waals surface area contributed by atoms with Crippen molar-refractivity contribution in [2.24, 2.45) is 0 Å². The van der Waals surface area contributed by atoms with Gasteiger partial charge in [-0.2, -0.15) is 0 Å². The normalized spacial score (nSPS) is 14.2. The number of nitrogens with one attached hydrogen (secondary N) is 2. The summed E-state index contributed by atoms with van der Waals surface area (Å²) in [6.45, 7) is 4.73. The zero-order chi connectivity index (χ0) is 18.4. The summed E-state index contributed by atoms with van der Waals surface area (Å²) in [6.07, 6.45) is 6.05. The molecular weight excluding hydrogens is 335 g/mol. The lowest BCUT2D eigenvalue weighted by Crippen LogP contribution is -2.31. The van der Waals surface area contributed by atoms with Gasteiger partial charge in [0.05, 0.1) is 11.8 Å². The van der Waals surface area contributed by atoms with E-state index in [2.05, 4.69) is 30.5 Å².